The highest BCUT2D eigenvalue weighted by atomic mass is 16.4. The molecule has 0 aliphatic heterocycles. The number of aliphatic hydroxyl groups is 1. The maximum absolute atomic E-state index is 11.8. The zero-order chi connectivity index (χ0) is 12.1. The van der Waals surface area contributed by atoms with Crippen LogP contribution >= 0.6 is 0 Å². The second-order valence-electron chi connectivity index (χ2n) is 3.74. The third-order valence-corrected chi connectivity index (χ3v) is 2.42. The molecule has 1 aromatic rings. The predicted molar refractivity (Wildman–Crippen MR) is 59.2 cm³/mol. The molecule has 0 bridgehead atoms. The Bertz CT molecular complexity index is 360. The van der Waals surface area contributed by atoms with Gasteiger partial charge < -0.3 is 14.8 Å². The fraction of sp³-hybridized carbons (Fsp3) is 0.636. The van der Waals surface area contributed by atoms with Crippen LogP contribution < -0.4 is 5.32 Å². The smallest absolute Gasteiger partial charge is 0.289 e. The summed E-state index contributed by atoms with van der Waals surface area (Å²) in [6, 6.07) is -0.0256. The molecule has 1 amide bonds. The highest BCUT2D eigenvalue weighted by molar-refractivity contribution is 5.92. The lowest BCUT2D eigenvalue weighted by Crippen LogP contribution is -2.35. The number of aryl methyl sites for hydroxylation is 2. The van der Waals surface area contributed by atoms with Gasteiger partial charge in [0.1, 0.15) is 0 Å². The Hall–Kier alpha value is -1.36. The van der Waals surface area contributed by atoms with Crippen molar-refractivity contribution in [3.8, 4) is 0 Å². The molecule has 1 rings (SSSR count). The van der Waals surface area contributed by atoms with Gasteiger partial charge in [-0.3, -0.25) is 4.79 Å². The van der Waals surface area contributed by atoms with E-state index in [0.29, 0.717) is 18.0 Å². The second-order valence-corrected chi connectivity index (χ2v) is 3.74. The molecular formula is C11H18N2O3. The van der Waals surface area contributed by atoms with E-state index in [9.17, 15) is 4.79 Å². The molecule has 90 valence electrons. The lowest BCUT2D eigenvalue weighted by molar-refractivity contribution is 0.0899. The van der Waals surface area contributed by atoms with E-state index in [2.05, 4.69) is 10.3 Å². The van der Waals surface area contributed by atoms with Crippen LogP contribution in [0.5, 0.6) is 0 Å². The van der Waals surface area contributed by atoms with Crippen LogP contribution in [-0.2, 0) is 0 Å². The summed E-state index contributed by atoms with van der Waals surface area (Å²) in [5.41, 5.74) is 0.592. The summed E-state index contributed by atoms with van der Waals surface area (Å²) in [6.07, 6.45) is 1.33. The normalized spacial score (nSPS) is 12.5. The van der Waals surface area contributed by atoms with Crippen LogP contribution in [-0.4, -0.2) is 28.6 Å². The van der Waals surface area contributed by atoms with Gasteiger partial charge in [-0.2, -0.15) is 0 Å². The topological polar surface area (TPSA) is 75.4 Å². The number of oxazole rings is 1. The number of aliphatic hydroxyl groups excluding tert-OH is 1. The van der Waals surface area contributed by atoms with Crippen molar-refractivity contribution in [3.63, 3.8) is 0 Å². The molecule has 0 fully saturated rings. The van der Waals surface area contributed by atoms with Crippen molar-refractivity contribution >= 4 is 5.91 Å². The lowest BCUT2D eigenvalue weighted by Gasteiger charge is -2.14. The third kappa shape index (κ3) is 3.06. The minimum Gasteiger partial charge on any atom is -0.436 e. The van der Waals surface area contributed by atoms with E-state index < -0.39 is 0 Å². The number of carbonyl (C=O) groups excluding carboxylic acids is 1. The fourth-order valence-electron chi connectivity index (χ4n) is 1.53. The van der Waals surface area contributed by atoms with E-state index in [-0.39, 0.29) is 24.3 Å². The minimum absolute atomic E-state index is 0.0256. The average Bonchev–Trinajstić information content (AvgIpc) is 2.57. The number of carbonyl (C=O) groups is 1. The van der Waals surface area contributed by atoms with Crippen LogP contribution in [0.15, 0.2) is 4.42 Å². The van der Waals surface area contributed by atoms with Crippen molar-refractivity contribution < 1.29 is 14.3 Å². The molecule has 1 aromatic heterocycles. The first-order valence-corrected chi connectivity index (χ1v) is 5.44. The van der Waals surface area contributed by atoms with Gasteiger partial charge in [0.25, 0.3) is 5.91 Å². The molecule has 0 aliphatic carbocycles. The summed E-state index contributed by atoms with van der Waals surface area (Å²) < 4.78 is 5.21. The first-order chi connectivity index (χ1) is 7.58. The predicted octanol–water partition coefficient (Wildman–Crippen LogP) is 1.18. The molecule has 0 saturated carbocycles. The maximum Gasteiger partial charge on any atom is 0.289 e. The Kier molecular flexibility index (Phi) is 4.49. The fourth-order valence-corrected chi connectivity index (χ4v) is 1.53. The summed E-state index contributed by atoms with van der Waals surface area (Å²) in [5.74, 6) is 0.477. The Balaban J connectivity index is 2.67. The van der Waals surface area contributed by atoms with E-state index >= 15 is 0 Å². The van der Waals surface area contributed by atoms with Gasteiger partial charge in [-0.15, -0.1) is 0 Å². The summed E-state index contributed by atoms with van der Waals surface area (Å²) in [4.78, 5) is 15.8. The number of hydrogen-bond acceptors (Lipinski definition) is 4. The van der Waals surface area contributed by atoms with Crippen molar-refractivity contribution in [2.24, 2.45) is 0 Å². The highest BCUT2D eigenvalue weighted by Crippen LogP contribution is 2.10. The van der Waals surface area contributed by atoms with E-state index in [4.69, 9.17) is 9.52 Å². The second kappa shape index (κ2) is 5.65. The Labute approximate surface area is 94.9 Å². The number of hydrogen-bond donors (Lipinski definition) is 2. The van der Waals surface area contributed by atoms with E-state index in [0.717, 1.165) is 6.42 Å². The van der Waals surface area contributed by atoms with Gasteiger partial charge in [-0.05, 0) is 19.8 Å². The maximum atomic E-state index is 11.8. The number of aromatic nitrogens is 1. The van der Waals surface area contributed by atoms with Crippen LogP contribution in [0.1, 0.15) is 41.9 Å². The van der Waals surface area contributed by atoms with Crippen LogP contribution in [0.2, 0.25) is 0 Å². The molecule has 1 atom stereocenters. The van der Waals surface area contributed by atoms with Crippen molar-refractivity contribution in [1.29, 1.82) is 0 Å². The van der Waals surface area contributed by atoms with Gasteiger partial charge >= 0.3 is 0 Å². The molecule has 0 aliphatic rings. The largest absolute Gasteiger partial charge is 0.436 e. The van der Waals surface area contributed by atoms with Gasteiger partial charge in [0.2, 0.25) is 5.76 Å². The SMILES string of the molecule is CCC(CCO)NC(=O)c1oc(C)nc1C. The zero-order valence-electron chi connectivity index (χ0n) is 9.91. The Morgan fingerprint density at radius 2 is 2.25 bits per heavy atom. The van der Waals surface area contributed by atoms with E-state index in [1.807, 2.05) is 6.92 Å². The standard InChI is InChI=1S/C11H18N2O3/c1-4-9(5-6-14)13-11(15)10-7(2)12-8(3)16-10/h9,14H,4-6H2,1-3H3,(H,13,15). The van der Waals surface area contributed by atoms with Crippen molar-refractivity contribution in [2.75, 3.05) is 6.61 Å². The van der Waals surface area contributed by atoms with Crippen LogP contribution in [0.3, 0.4) is 0 Å². The van der Waals surface area contributed by atoms with Crippen LogP contribution in [0.25, 0.3) is 0 Å². The summed E-state index contributed by atoms with van der Waals surface area (Å²) in [5, 5.41) is 11.6. The number of amides is 1. The molecule has 0 saturated heterocycles. The first kappa shape index (κ1) is 12.7. The van der Waals surface area contributed by atoms with Crippen LogP contribution in [0, 0.1) is 13.8 Å². The van der Waals surface area contributed by atoms with E-state index in [1.54, 1.807) is 13.8 Å². The quantitative estimate of drug-likeness (QED) is 0.790. The Morgan fingerprint density at radius 1 is 1.56 bits per heavy atom. The number of rotatable bonds is 5. The average molecular weight is 226 g/mol. The van der Waals surface area contributed by atoms with Gasteiger partial charge in [0.05, 0.1) is 5.69 Å². The molecule has 5 nitrogen and oxygen atoms in total. The molecule has 0 spiro atoms. The highest BCUT2D eigenvalue weighted by Gasteiger charge is 2.18. The molecule has 0 radical (unpaired) electrons. The Morgan fingerprint density at radius 3 is 2.69 bits per heavy atom. The van der Waals surface area contributed by atoms with Crippen molar-refractivity contribution in [2.45, 2.75) is 39.7 Å². The minimum atomic E-state index is -0.265. The monoisotopic (exact) mass is 226 g/mol. The van der Waals surface area contributed by atoms with Crippen LogP contribution in [0.4, 0.5) is 0 Å². The summed E-state index contributed by atoms with van der Waals surface area (Å²) in [6.45, 7) is 5.46. The third-order valence-electron chi connectivity index (χ3n) is 2.42. The molecule has 2 N–H and O–H groups in total. The molecular weight excluding hydrogens is 208 g/mol. The van der Waals surface area contributed by atoms with Gasteiger partial charge in [0.15, 0.2) is 5.89 Å². The van der Waals surface area contributed by atoms with Gasteiger partial charge in [-0.25, -0.2) is 4.98 Å². The van der Waals surface area contributed by atoms with Gasteiger partial charge in [0, 0.05) is 19.6 Å². The number of nitrogens with zero attached hydrogens (tertiary/aromatic N) is 1. The molecule has 16 heavy (non-hydrogen) atoms. The van der Waals surface area contributed by atoms with Gasteiger partial charge in [-0.1, -0.05) is 6.92 Å². The lowest BCUT2D eigenvalue weighted by atomic mass is 10.1. The summed E-state index contributed by atoms with van der Waals surface area (Å²) >= 11 is 0. The first-order valence-electron chi connectivity index (χ1n) is 5.44. The zero-order valence-corrected chi connectivity index (χ0v) is 9.91. The molecule has 5 heteroatoms. The summed E-state index contributed by atoms with van der Waals surface area (Å²) in [7, 11) is 0. The van der Waals surface area contributed by atoms with E-state index in [1.165, 1.54) is 0 Å². The molecule has 0 aromatic carbocycles. The number of nitrogens with one attached hydrogen (secondary N) is 1. The van der Waals surface area contributed by atoms with Crippen molar-refractivity contribution in [1.82, 2.24) is 10.3 Å². The van der Waals surface area contributed by atoms with Crippen molar-refractivity contribution in [3.05, 3.63) is 17.3 Å². The molecule has 1 heterocycles. The molecule has 1 unspecified atom stereocenters.